The van der Waals surface area contributed by atoms with Crippen molar-refractivity contribution in [3.63, 3.8) is 0 Å². The van der Waals surface area contributed by atoms with Crippen molar-refractivity contribution in [2.75, 3.05) is 20.2 Å². The molecule has 0 aliphatic heterocycles. The van der Waals surface area contributed by atoms with Gasteiger partial charge in [0.2, 0.25) is 0 Å². The first kappa shape index (κ1) is 10.2. The summed E-state index contributed by atoms with van der Waals surface area (Å²) in [4.78, 5) is 0. The molecule has 2 N–H and O–H groups in total. The molecule has 0 aliphatic rings. The predicted molar refractivity (Wildman–Crippen MR) is 51.6 cm³/mol. The summed E-state index contributed by atoms with van der Waals surface area (Å²) in [6.07, 6.45) is 3.90. The van der Waals surface area contributed by atoms with Crippen LogP contribution in [-0.2, 0) is 13.0 Å². The number of aromatic nitrogens is 2. The van der Waals surface area contributed by atoms with Crippen molar-refractivity contribution in [2.45, 2.75) is 19.4 Å². The molecule has 1 rings (SSSR count). The Labute approximate surface area is 78.6 Å². The van der Waals surface area contributed by atoms with Gasteiger partial charge in [0.25, 0.3) is 0 Å². The molecule has 0 saturated carbocycles. The van der Waals surface area contributed by atoms with Crippen molar-refractivity contribution in [3.8, 4) is 0 Å². The first-order valence-corrected chi connectivity index (χ1v) is 4.64. The normalized spacial score (nSPS) is 10.6. The number of rotatable bonds is 6. The Hall–Kier alpha value is -0.870. The van der Waals surface area contributed by atoms with E-state index in [0.29, 0.717) is 6.54 Å². The Bertz CT molecular complexity index is 235. The number of aliphatic hydroxyl groups excluding tert-OH is 1. The monoisotopic (exact) mass is 183 g/mol. The van der Waals surface area contributed by atoms with E-state index in [4.69, 9.17) is 5.11 Å². The van der Waals surface area contributed by atoms with Gasteiger partial charge in [-0.05, 0) is 32.5 Å². The highest BCUT2D eigenvalue weighted by Gasteiger charge is 2.00. The highest BCUT2D eigenvalue weighted by molar-refractivity contribution is 5.00. The standard InChI is InChI=1S/C9H17N3O/c1-10-5-2-3-9-4-6-11-12(9)7-8-13/h4,6,10,13H,2-3,5,7-8H2,1H3. The van der Waals surface area contributed by atoms with Crippen LogP contribution in [0.15, 0.2) is 12.3 Å². The molecule has 0 aliphatic carbocycles. The van der Waals surface area contributed by atoms with E-state index in [0.717, 1.165) is 19.4 Å². The van der Waals surface area contributed by atoms with Crippen molar-refractivity contribution >= 4 is 0 Å². The molecule has 0 radical (unpaired) electrons. The Kier molecular flexibility index (Phi) is 4.49. The van der Waals surface area contributed by atoms with Crippen LogP contribution in [0, 0.1) is 0 Å². The third-order valence-corrected chi connectivity index (χ3v) is 1.98. The Morgan fingerprint density at radius 2 is 2.46 bits per heavy atom. The minimum atomic E-state index is 0.153. The quantitative estimate of drug-likeness (QED) is 0.612. The summed E-state index contributed by atoms with van der Waals surface area (Å²) in [5.41, 5.74) is 1.20. The zero-order valence-corrected chi connectivity index (χ0v) is 8.03. The molecule has 0 saturated heterocycles. The van der Waals surface area contributed by atoms with Gasteiger partial charge >= 0.3 is 0 Å². The summed E-state index contributed by atoms with van der Waals surface area (Å²) in [5.74, 6) is 0. The van der Waals surface area contributed by atoms with Gasteiger partial charge in [-0.2, -0.15) is 5.10 Å². The summed E-state index contributed by atoms with van der Waals surface area (Å²) < 4.78 is 1.86. The maximum atomic E-state index is 8.76. The molecule has 4 heteroatoms. The second kappa shape index (κ2) is 5.72. The van der Waals surface area contributed by atoms with E-state index in [9.17, 15) is 0 Å². The molecular formula is C9H17N3O. The molecule has 1 aromatic heterocycles. The maximum absolute atomic E-state index is 8.76. The van der Waals surface area contributed by atoms with Gasteiger partial charge in [-0.1, -0.05) is 0 Å². The van der Waals surface area contributed by atoms with Crippen LogP contribution in [0.1, 0.15) is 12.1 Å². The lowest BCUT2D eigenvalue weighted by Crippen LogP contribution is -2.12. The van der Waals surface area contributed by atoms with Crippen molar-refractivity contribution in [1.82, 2.24) is 15.1 Å². The second-order valence-corrected chi connectivity index (χ2v) is 2.98. The van der Waals surface area contributed by atoms with Crippen LogP contribution in [0.25, 0.3) is 0 Å². The van der Waals surface area contributed by atoms with Crippen molar-refractivity contribution in [2.24, 2.45) is 0 Å². The van der Waals surface area contributed by atoms with Gasteiger partial charge in [0.1, 0.15) is 0 Å². The number of aliphatic hydroxyl groups is 1. The van der Waals surface area contributed by atoms with Gasteiger partial charge in [-0.15, -0.1) is 0 Å². The average molecular weight is 183 g/mol. The first-order chi connectivity index (χ1) is 6.38. The van der Waals surface area contributed by atoms with Gasteiger partial charge in [-0.25, -0.2) is 0 Å². The van der Waals surface area contributed by atoms with Gasteiger partial charge in [0.15, 0.2) is 0 Å². The Balaban J connectivity index is 2.40. The van der Waals surface area contributed by atoms with Crippen LogP contribution >= 0.6 is 0 Å². The molecule has 4 nitrogen and oxygen atoms in total. The van der Waals surface area contributed by atoms with Crippen molar-refractivity contribution < 1.29 is 5.11 Å². The highest BCUT2D eigenvalue weighted by Crippen LogP contribution is 2.01. The lowest BCUT2D eigenvalue weighted by Gasteiger charge is -2.04. The molecule has 1 aromatic rings. The summed E-state index contributed by atoms with van der Waals surface area (Å²) >= 11 is 0. The lowest BCUT2D eigenvalue weighted by atomic mass is 10.2. The van der Waals surface area contributed by atoms with E-state index in [-0.39, 0.29) is 6.61 Å². The third-order valence-electron chi connectivity index (χ3n) is 1.98. The van der Waals surface area contributed by atoms with Gasteiger partial charge in [0, 0.05) is 11.9 Å². The van der Waals surface area contributed by atoms with Crippen molar-refractivity contribution in [1.29, 1.82) is 0 Å². The molecule has 0 bridgehead atoms. The van der Waals surface area contributed by atoms with Crippen LogP contribution in [-0.4, -0.2) is 35.1 Å². The zero-order chi connectivity index (χ0) is 9.52. The molecule has 74 valence electrons. The Morgan fingerprint density at radius 1 is 1.62 bits per heavy atom. The fourth-order valence-corrected chi connectivity index (χ4v) is 1.31. The fourth-order valence-electron chi connectivity index (χ4n) is 1.31. The zero-order valence-electron chi connectivity index (χ0n) is 8.03. The summed E-state index contributed by atoms with van der Waals surface area (Å²) in [6.45, 7) is 1.77. The number of nitrogens with zero attached hydrogens (tertiary/aromatic N) is 2. The van der Waals surface area contributed by atoms with Crippen molar-refractivity contribution in [3.05, 3.63) is 18.0 Å². The predicted octanol–water partition coefficient (Wildman–Crippen LogP) is 0.0274. The van der Waals surface area contributed by atoms with E-state index < -0.39 is 0 Å². The topological polar surface area (TPSA) is 50.1 Å². The maximum Gasteiger partial charge on any atom is 0.0643 e. The van der Waals surface area contributed by atoms with Crippen LogP contribution in [0.3, 0.4) is 0 Å². The Morgan fingerprint density at radius 3 is 3.15 bits per heavy atom. The van der Waals surface area contributed by atoms with Crippen LogP contribution in [0.4, 0.5) is 0 Å². The van der Waals surface area contributed by atoms with E-state index in [1.54, 1.807) is 6.20 Å². The molecule has 0 unspecified atom stereocenters. The summed E-state index contributed by atoms with van der Waals surface area (Å²) in [7, 11) is 1.95. The van der Waals surface area contributed by atoms with Crippen LogP contribution in [0.2, 0.25) is 0 Å². The van der Waals surface area contributed by atoms with E-state index >= 15 is 0 Å². The summed E-state index contributed by atoms with van der Waals surface area (Å²) in [5, 5.41) is 16.0. The van der Waals surface area contributed by atoms with Gasteiger partial charge in [-0.3, -0.25) is 4.68 Å². The number of nitrogens with one attached hydrogen (secondary N) is 1. The average Bonchev–Trinajstić information content (AvgIpc) is 2.54. The smallest absolute Gasteiger partial charge is 0.0643 e. The molecule has 0 fully saturated rings. The largest absolute Gasteiger partial charge is 0.394 e. The number of aryl methyl sites for hydroxylation is 1. The number of hydrogen-bond donors (Lipinski definition) is 2. The molecule has 13 heavy (non-hydrogen) atoms. The molecular weight excluding hydrogens is 166 g/mol. The molecule has 0 atom stereocenters. The minimum Gasteiger partial charge on any atom is -0.394 e. The lowest BCUT2D eigenvalue weighted by molar-refractivity contribution is 0.267. The van der Waals surface area contributed by atoms with E-state index in [1.807, 2.05) is 17.8 Å². The molecule has 0 amide bonds. The summed E-state index contributed by atoms with van der Waals surface area (Å²) in [6, 6.07) is 2.01. The fraction of sp³-hybridized carbons (Fsp3) is 0.667. The van der Waals surface area contributed by atoms with Crippen LogP contribution in [0.5, 0.6) is 0 Å². The SMILES string of the molecule is CNCCCc1ccnn1CCO. The molecule has 1 heterocycles. The van der Waals surface area contributed by atoms with E-state index in [1.165, 1.54) is 5.69 Å². The highest BCUT2D eigenvalue weighted by atomic mass is 16.3. The third kappa shape index (κ3) is 3.16. The molecule has 0 aromatic carbocycles. The van der Waals surface area contributed by atoms with Crippen LogP contribution < -0.4 is 5.32 Å². The minimum absolute atomic E-state index is 0.153. The first-order valence-electron chi connectivity index (χ1n) is 4.64. The second-order valence-electron chi connectivity index (χ2n) is 2.98. The van der Waals surface area contributed by atoms with Gasteiger partial charge in [0.05, 0.1) is 13.2 Å². The number of hydrogen-bond acceptors (Lipinski definition) is 3. The van der Waals surface area contributed by atoms with E-state index in [2.05, 4.69) is 10.4 Å². The van der Waals surface area contributed by atoms with Gasteiger partial charge < -0.3 is 10.4 Å². The molecule has 0 spiro atoms.